The van der Waals surface area contributed by atoms with Crippen LogP contribution in [0.5, 0.6) is 0 Å². The summed E-state index contributed by atoms with van der Waals surface area (Å²) in [5.41, 5.74) is 0. The smallest absolute Gasteiger partial charge is 0.191 e. The molecule has 5 nitrogen and oxygen atoms in total. The molecule has 23 heavy (non-hydrogen) atoms. The van der Waals surface area contributed by atoms with Crippen molar-refractivity contribution in [2.24, 2.45) is 10.9 Å². The van der Waals surface area contributed by atoms with Gasteiger partial charge < -0.3 is 15.4 Å². The summed E-state index contributed by atoms with van der Waals surface area (Å²) in [5, 5.41) is 6.92. The highest BCUT2D eigenvalue weighted by atomic mass is 127. The molecule has 0 aliphatic carbocycles. The van der Waals surface area contributed by atoms with Gasteiger partial charge in [0.05, 0.1) is 13.2 Å². The van der Waals surface area contributed by atoms with Crippen LogP contribution in [0.1, 0.15) is 27.7 Å². The average molecular weight is 458 g/mol. The molecule has 0 radical (unpaired) electrons. The van der Waals surface area contributed by atoms with Gasteiger partial charge in [0.15, 0.2) is 5.96 Å². The van der Waals surface area contributed by atoms with Crippen molar-refractivity contribution in [3.8, 4) is 0 Å². The highest BCUT2D eigenvalue weighted by Crippen LogP contribution is 2.19. The van der Waals surface area contributed by atoms with E-state index in [0.29, 0.717) is 12.0 Å². The summed E-state index contributed by atoms with van der Waals surface area (Å²) >= 11 is 1.86. The number of nitrogens with one attached hydrogen (secondary N) is 2. The third-order valence-electron chi connectivity index (χ3n) is 4.22. The van der Waals surface area contributed by atoms with Gasteiger partial charge in [0.2, 0.25) is 0 Å². The second-order valence-electron chi connectivity index (χ2n) is 6.73. The Bertz CT molecular complexity index is 347. The minimum Gasteiger partial charge on any atom is -0.379 e. The maximum Gasteiger partial charge on any atom is 0.191 e. The number of halogens is 1. The standard InChI is InChI=1S/C16H34N4OS.HI/c1-13(2)14(20-7-9-21-10-8-20)11-18-15(17-5)19-12-16(3,4)22-6;/h13-14H,7-12H2,1-6H3,(H2,17,18,19);1H. The lowest BCUT2D eigenvalue weighted by molar-refractivity contribution is 0.00752. The first-order valence-electron chi connectivity index (χ1n) is 8.21. The number of hydrogen-bond acceptors (Lipinski definition) is 4. The fourth-order valence-corrected chi connectivity index (χ4v) is 2.70. The Morgan fingerprint density at radius 3 is 2.35 bits per heavy atom. The van der Waals surface area contributed by atoms with Crippen LogP contribution in [0.2, 0.25) is 0 Å². The van der Waals surface area contributed by atoms with Crippen LogP contribution >= 0.6 is 35.7 Å². The predicted molar refractivity (Wildman–Crippen MR) is 113 cm³/mol. The normalized spacial score (nSPS) is 18.5. The quantitative estimate of drug-likeness (QED) is 0.348. The first-order valence-corrected chi connectivity index (χ1v) is 9.43. The molecule has 0 aromatic carbocycles. The minimum atomic E-state index is 0. The Morgan fingerprint density at radius 2 is 1.87 bits per heavy atom. The molecule has 1 saturated heterocycles. The van der Waals surface area contributed by atoms with Crippen LogP contribution in [0.4, 0.5) is 0 Å². The highest BCUT2D eigenvalue weighted by Gasteiger charge is 2.24. The van der Waals surface area contributed by atoms with E-state index in [4.69, 9.17) is 4.74 Å². The molecular formula is C16H35IN4OS. The number of guanidine groups is 1. The molecule has 2 N–H and O–H groups in total. The van der Waals surface area contributed by atoms with Gasteiger partial charge >= 0.3 is 0 Å². The summed E-state index contributed by atoms with van der Waals surface area (Å²) in [6.07, 6.45) is 2.14. The summed E-state index contributed by atoms with van der Waals surface area (Å²) in [7, 11) is 1.83. The number of thioether (sulfide) groups is 1. The molecular weight excluding hydrogens is 423 g/mol. The third-order valence-corrected chi connectivity index (χ3v) is 5.47. The van der Waals surface area contributed by atoms with Crippen LogP contribution in [0.25, 0.3) is 0 Å². The number of rotatable bonds is 7. The van der Waals surface area contributed by atoms with Crippen molar-refractivity contribution in [2.45, 2.75) is 38.5 Å². The molecule has 0 spiro atoms. The maximum atomic E-state index is 5.46. The molecule has 0 bridgehead atoms. The molecule has 7 heteroatoms. The van der Waals surface area contributed by atoms with E-state index in [-0.39, 0.29) is 28.7 Å². The fourth-order valence-electron chi connectivity index (χ4n) is 2.49. The molecule has 1 aliphatic heterocycles. The van der Waals surface area contributed by atoms with Crippen LogP contribution in [0.3, 0.4) is 0 Å². The highest BCUT2D eigenvalue weighted by molar-refractivity contribution is 14.0. The molecule has 1 atom stereocenters. The summed E-state index contributed by atoms with van der Waals surface area (Å²) in [6, 6.07) is 0.510. The largest absolute Gasteiger partial charge is 0.379 e. The van der Waals surface area contributed by atoms with Crippen LogP contribution in [0.15, 0.2) is 4.99 Å². The van der Waals surface area contributed by atoms with Crippen LogP contribution in [-0.2, 0) is 4.74 Å². The third kappa shape index (κ3) is 8.79. The molecule has 0 aromatic rings. The Morgan fingerprint density at radius 1 is 1.26 bits per heavy atom. The van der Waals surface area contributed by atoms with Crippen LogP contribution < -0.4 is 10.6 Å². The number of hydrogen-bond donors (Lipinski definition) is 2. The van der Waals surface area contributed by atoms with Crippen molar-refractivity contribution < 1.29 is 4.74 Å². The maximum absolute atomic E-state index is 5.46. The molecule has 1 aliphatic rings. The van der Waals surface area contributed by atoms with Gasteiger partial charge in [-0.15, -0.1) is 24.0 Å². The predicted octanol–water partition coefficient (Wildman–Crippen LogP) is 2.27. The molecule has 1 rings (SSSR count). The van der Waals surface area contributed by atoms with Crippen molar-refractivity contribution >= 4 is 41.7 Å². The minimum absolute atomic E-state index is 0. The van der Waals surface area contributed by atoms with E-state index >= 15 is 0 Å². The van der Waals surface area contributed by atoms with Gasteiger partial charge in [-0.05, 0) is 26.0 Å². The van der Waals surface area contributed by atoms with E-state index in [0.717, 1.165) is 45.4 Å². The van der Waals surface area contributed by atoms with Crippen molar-refractivity contribution in [3.05, 3.63) is 0 Å². The van der Waals surface area contributed by atoms with Gasteiger partial charge in [-0.2, -0.15) is 11.8 Å². The van der Waals surface area contributed by atoms with Crippen molar-refractivity contribution in [3.63, 3.8) is 0 Å². The van der Waals surface area contributed by atoms with E-state index in [9.17, 15) is 0 Å². The summed E-state index contributed by atoms with van der Waals surface area (Å²) in [6.45, 7) is 14.6. The summed E-state index contributed by atoms with van der Waals surface area (Å²) < 4.78 is 5.67. The average Bonchev–Trinajstić information content (AvgIpc) is 2.51. The molecule has 138 valence electrons. The Balaban J connectivity index is 0.00000484. The van der Waals surface area contributed by atoms with Gasteiger partial charge in [0, 0.05) is 44.0 Å². The van der Waals surface area contributed by atoms with E-state index < -0.39 is 0 Å². The number of ether oxygens (including phenoxy) is 1. The first kappa shape index (κ1) is 23.3. The molecule has 0 saturated carbocycles. The lowest BCUT2D eigenvalue weighted by Crippen LogP contribution is -2.53. The lowest BCUT2D eigenvalue weighted by atomic mass is 10.0. The van der Waals surface area contributed by atoms with Gasteiger partial charge in [0.25, 0.3) is 0 Å². The second kappa shape index (κ2) is 11.8. The molecule has 1 unspecified atom stereocenters. The van der Waals surface area contributed by atoms with Gasteiger partial charge in [-0.1, -0.05) is 13.8 Å². The van der Waals surface area contributed by atoms with Gasteiger partial charge in [0.1, 0.15) is 0 Å². The van der Waals surface area contributed by atoms with Gasteiger partial charge in [-0.3, -0.25) is 9.89 Å². The zero-order valence-corrected chi connectivity index (χ0v) is 18.7. The Kier molecular flexibility index (Phi) is 11.9. The topological polar surface area (TPSA) is 48.9 Å². The Labute approximate surface area is 163 Å². The number of morpholine rings is 1. The van der Waals surface area contributed by atoms with Gasteiger partial charge in [-0.25, -0.2) is 0 Å². The summed E-state index contributed by atoms with van der Waals surface area (Å²) in [4.78, 5) is 6.87. The lowest BCUT2D eigenvalue weighted by Gasteiger charge is -2.37. The van der Waals surface area contributed by atoms with Crippen LogP contribution in [-0.4, -0.2) is 74.3 Å². The van der Waals surface area contributed by atoms with E-state index in [1.807, 2.05) is 18.8 Å². The molecule has 0 amide bonds. The van der Waals surface area contributed by atoms with Crippen molar-refractivity contribution in [1.29, 1.82) is 0 Å². The Hall–Kier alpha value is 0.270. The second-order valence-corrected chi connectivity index (χ2v) is 8.24. The van der Waals surface area contributed by atoms with Crippen LogP contribution in [0, 0.1) is 5.92 Å². The molecule has 0 aromatic heterocycles. The SMILES string of the molecule is CN=C(NCC(C(C)C)N1CCOCC1)NCC(C)(C)SC.I. The zero-order chi connectivity index (χ0) is 16.6. The van der Waals surface area contributed by atoms with E-state index in [1.165, 1.54) is 0 Å². The number of nitrogens with zero attached hydrogens (tertiary/aromatic N) is 2. The summed E-state index contributed by atoms with van der Waals surface area (Å²) in [5.74, 6) is 1.49. The monoisotopic (exact) mass is 458 g/mol. The first-order chi connectivity index (χ1) is 10.4. The van der Waals surface area contributed by atoms with Crippen molar-refractivity contribution in [2.75, 3.05) is 52.7 Å². The zero-order valence-electron chi connectivity index (χ0n) is 15.5. The van der Waals surface area contributed by atoms with E-state index in [2.05, 4.69) is 54.5 Å². The number of aliphatic imine (C=N–C) groups is 1. The fraction of sp³-hybridized carbons (Fsp3) is 0.938. The van der Waals surface area contributed by atoms with Crippen molar-refractivity contribution in [1.82, 2.24) is 15.5 Å². The van der Waals surface area contributed by atoms with E-state index in [1.54, 1.807) is 0 Å². The molecule has 1 fully saturated rings. The molecule has 1 heterocycles.